The number of methoxy groups -OCH3 is 1. The van der Waals surface area contributed by atoms with Gasteiger partial charge >= 0.3 is 0 Å². The van der Waals surface area contributed by atoms with Gasteiger partial charge in [-0.2, -0.15) is 5.26 Å². The maximum Gasteiger partial charge on any atom is 0.122 e. The largest absolute Gasteiger partial charge is 0.496 e. The van der Waals surface area contributed by atoms with E-state index in [0.29, 0.717) is 5.56 Å². The molecule has 0 atom stereocenters. The smallest absolute Gasteiger partial charge is 0.122 e. The van der Waals surface area contributed by atoms with E-state index in [1.807, 2.05) is 42.5 Å². The second-order valence-electron chi connectivity index (χ2n) is 4.87. The zero-order valence-electron chi connectivity index (χ0n) is 12.3. The minimum atomic E-state index is 0.711. The number of para-hydroxylation sites is 1. The number of ether oxygens (including phenoxy) is 1. The molecule has 108 valence electrons. The number of hydrogen-bond donors (Lipinski definition) is 1. The molecule has 0 aromatic heterocycles. The molecule has 0 aliphatic rings. The lowest BCUT2D eigenvalue weighted by Gasteiger charge is -2.09. The van der Waals surface area contributed by atoms with Gasteiger partial charge in [-0.15, -0.1) is 0 Å². The molecule has 0 radical (unpaired) electrons. The highest BCUT2D eigenvalue weighted by molar-refractivity contribution is 5.33. The van der Waals surface area contributed by atoms with E-state index in [9.17, 15) is 0 Å². The van der Waals surface area contributed by atoms with E-state index >= 15 is 0 Å². The Kier molecular flexibility index (Phi) is 5.81. The first-order valence-electron chi connectivity index (χ1n) is 7.15. The summed E-state index contributed by atoms with van der Waals surface area (Å²) in [5, 5.41) is 12.2. The van der Waals surface area contributed by atoms with E-state index in [-0.39, 0.29) is 0 Å². The SMILES string of the molecule is COc1ccccc1CCNCCc1ccc(C#N)cc1. The third-order valence-corrected chi connectivity index (χ3v) is 3.44. The summed E-state index contributed by atoms with van der Waals surface area (Å²) in [5.41, 5.74) is 3.19. The molecular weight excluding hydrogens is 260 g/mol. The van der Waals surface area contributed by atoms with Gasteiger partial charge in [-0.05, 0) is 55.3 Å². The molecular formula is C18H20N2O. The average Bonchev–Trinajstić information content (AvgIpc) is 2.55. The Hall–Kier alpha value is -2.31. The van der Waals surface area contributed by atoms with Crippen LogP contribution in [0.15, 0.2) is 48.5 Å². The Morgan fingerprint density at radius 2 is 1.71 bits per heavy atom. The number of hydrogen-bond acceptors (Lipinski definition) is 3. The lowest BCUT2D eigenvalue weighted by molar-refractivity contribution is 0.409. The Morgan fingerprint density at radius 3 is 2.43 bits per heavy atom. The molecule has 3 nitrogen and oxygen atoms in total. The molecule has 1 N–H and O–H groups in total. The summed E-state index contributed by atoms with van der Waals surface area (Å²) in [6.07, 6.45) is 1.93. The lowest BCUT2D eigenvalue weighted by atomic mass is 10.1. The number of rotatable bonds is 7. The van der Waals surface area contributed by atoms with E-state index < -0.39 is 0 Å². The van der Waals surface area contributed by atoms with Gasteiger partial charge < -0.3 is 10.1 Å². The molecule has 0 unspecified atom stereocenters. The van der Waals surface area contributed by atoms with Crippen LogP contribution in [0.1, 0.15) is 16.7 Å². The van der Waals surface area contributed by atoms with Gasteiger partial charge in [-0.1, -0.05) is 30.3 Å². The van der Waals surface area contributed by atoms with Crippen LogP contribution in [-0.2, 0) is 12.8 Å². The summed E-state index contributed by atoms with van der Waals surface area (Å²) < 4.78 is 5.34. The van der Waals surface area contributed by atoms with Crippen LogP contribution < -0.4 is 10.1 Å². The summed E-state index contributed by atoms with van der Waals surface area (Å²) in [4.78, 5) is 0. The molecule has 0 fully saturated rings. The van der Waals surface area contributed by atoms with Crippen LogP contribution in [0.4, 0.5) is 0 Å². The number of nitriles is 1. The standard InChI is InChI=1S/C18H20N2O/c1-21-18-5-3-2-4-17(18)11-13-20-12-10-15-6-8-16(14-19)9-7-15/h2-9,20H,10-13H2,1H3. The van der Waals surface area contributed by atoms with Crippen LogP contribution in [0.25, 0.3) is 0 Å². The highest BCUT2D eigenvalue weighted by Crippen LogP contribution is 2.17. The molecule has 2 aromatic rings. The van der Waals surface area contributed by atoms with Crippen molar-refractivity contribution in [3.63, 3.8) is 0 Å². The van der Waals surface area contributed by atoms with E-state index in [1.165, 1.54) is 11.1 Å². The van der Waals surface area contributed by atoms with Gasteiger partial charge in [0.2, 0.25) is 0 Å². The Labute approximate surface area is 126 Å². The quantitative estimate of drug-likeness (QED) is 0.793. The summed E-state index contributed by atoms with van der Waals surface area (Å²) in [6, 6.07) is 18.0. The maximum absolute atomic E-state index is 8.75. The minimum Gasteiger partial charge on any atom is -0.496 e. The molecule has 0 bridgehead atoms. The molecule has 0 aliphatic heterocycles. The predicted molar refractivity (Wildman–Crippen MR) is 84.4 cm³/mol. The minimum absolute atomic E-state index is 0.711. The summed E-state index contributed by atoms with van der Waals surface area (Å²) in [6.45, 7) is 1.86. The van der Waals surface area contributed by atoms with Gasteiger partial charge in [-0.3, -0.25) is 0 Å². The van der Waals surface area contributed by atoms with Crippen molar-refractivity contribution in [3.8, 4) is 11.8 Å². The van der Waals surface area contributed by atoms with Crippen LogP contribution in [0.2, 0.25) is 0 Å². The zero-order chi connectivity index (χ0) is 14.9. The first-order valence-corrected chi connectivity index (χ1v) is 7.15. The second kappa shape index (κ2) is 8.08. The van der Waals surface area contributed by atoms with Crippen molar-refractivity contribution in [2.45, 2.75) is 12.8 Å². The molecule has 0 amide bonds. The summed E-state index contributed by atoms with van der Waals surface area (Å²) in [7, 11) is 1.71. The molecule has 21 heavy (non-hydrogen) atoms. The van der Waals surface area contributed by atoms with Crippen LogP contribution in [0, 0.1) is 11.3 Å². The lowest BCUT2D eigenvalue weighted by Crippen LogP contribution is -2.20. The van der Waals surface area contributed by atoms with Crippen LogP contribution in [0.3, 0.4) is 0 Å². The fourth-order valence-corrected chi connectivity index (χ4v) is 2.24. The van der Waals surface area contributed by atoms with E-state index in [1.54, 1.807) is 7.11 Å². The van der Waals surface area contributed by atoms with Crippen molar-refractivity contribution < 1.29 is 4.74 Å². The zero-order valence-corrected chi connectivity index (χ0v) is 12.3. The molecule has 0 aliphatic carbocycles. The normalized spacial score (nSPS) is 10.1. The van der Waals surface area contributed by atoms with E-state index in [2.05, 4.69) is 17.5 Å². The predicted octanol–water partition coefficient (Wildman–Crippen LogP) is 2.94. The summed E-state index contributed by atoms with van der Waals surface area (Å²) >= 11 is 0. The molecule has 0 spiro atoms. The molecule has 0 saturated carbocycles. The first kappa shape index (κ1) is 15.1. The maximum atomic E-state index is 8.75. The van der Waals surface area contributed by atoms with E-state index in [0.717, 1.165) is 31.7 Å². The number of benzene rings is 2. The summed E-state index contributed by atoms with van der Waals surface area (Å²) in [5.74, 6) is 0.950. The fourth-order valence-electron chi connectivity index (χ4n) is 2.24. The van der Waals surface area contributed by atoms with E-state index in [4.69, 9.17) is 10.00 Å². The molecule has 0 heterocycles. The highest BCUT2D eigenvalue weighted by atomic mass is 16.5. The van der Waals surface area contributed by atoms with Crippen LogP contribution >= 0.6 is 0 Å². The molecule has 3 heteroatoms. The third-order valence-electron chi connectivity index (χ3n) is 3.44. The average molecular weight is 280 g/mol. The van der Waals surface area contributed by atoms with Crippen molar-refractivity contribution in [3.05, 3.63) is 65.2 Å². The van der Waals surface area contributed by atoms with Crippen molar-refractivity contribution in [2.75, 3.05) is 20.2 Å². The Morgan fingerprint density at radius 1 is 1.00 bits per heavy atom. The Bertz CT molecular complexity index is 599. The van der Waals surface area contributed by atoms with Crippen molar-refractivity contribution >= 4 is 0 Å². The van der Waals surface area contributed by atoms with Gasteiger partial charge in [0.05, 0.1) is 18.7 Å². The molecule has 2 rings (SSSR count). The van der Waals surface area contributed by atoms with Gasteiger partial charge in [0.25, 0.3) is 0 Å². The highest BCUT2D eigenvalue weighted by Gasteiger charge is 2.00. The van der Waals surface area contributed by atoms with Gasteiger partial charge in [-0.25, -0.2) is 0 Å². The van der Waals surface area contributed by atoms with Crippen molar-refractivity contribution in [1.29, 1.82) is 5.26 Å². The third kappa shape index (κ3) is 4.62. The van der Waals surface area contributed by atoms with Gasteiger partial charge in [0.15, 0.2) is 0 Å². The molecule has 0 saturated heterocycles. The molecule has 2 aromatic carbocycles. The Balaban J connectivity index is 1.71. The second-order valence-corrected chi connectivity index (χ2v) is 4.87. The number of nitrogens with one attached hydrogen (secondary N) is 1. The van der Waals surface area contributed by atoms with Gasteiger partial charge in [0.1, 0.15) is 5.75 Å². The topological polar surface area (TPSA) is 45.0 Å². The van der Waals surface area contributed by atoms with Crippen molar-refractivity contribution in [1.82, 2.24) is 5.32 Å². The van der Waals surface area contributed by atoms with Crippen molar-refractivity contribution in [2.24, 2.45) is 0 Å². The first-order chi connectivity index (χ1) is 10.3. The fraction of sp³-hybridized carbons (Fsp3) is 0.278. The van der Waals surface area contributed by atoms with Crippen LogP contribution in [0.5, 0.6) is 5.75 Å². The van der Waals surface area contributed by atoms with Gasteiger partial charge in [0, 0.05) is 0 Å². The monoisotopic (exact) mass is 280 g/mol. The van der Waals surface area contributed by atoms with Crippen LogP contribution in [-0.4, -0.2) is 20.2 Å². The number of nitrogens with zero attached hydrogens (tertiary/aromatic N) is 1.